The molecule has 1 saturated heterocycles. The summed E-state index contributed by atoms with van der Waals surface area (Å²) >= 11 is 1.36. The molecule has 10 heteroatoms. The number of halogens is 4. The second-order valence-electron chi connectivity index (χ2n) is 9.33. The van der Waals surface area contributed by atoms with Gasteiger partial charge < -0.3 is 20.1 Å². The van der Waals surface area contributed by atoms with Crippen LogP contribution in [0.25, 0.3) is 21.6 Å². The Hall–Kier alpha value is -2.85. The number of hydrogen-bond acceptors (Lipinski definition) is 5. The molecule has 4 rings (SSSR count). The van der Waals surface area contributed by atoms with Gasteiger partial charge in [0.2, 0.25) is 0 Å². The van der Waals surface area contributed by atoms with E-state index in [0.717, 1.165) is 23.5 Å². The van der Waals surface area contributed by atoms with Gasteiger partial charge in [0.25, 0.3) is 0 Å². The standard InChI is InChI=1S/C27H33F4N5S/c1-4-6-8-18(5-2)32-14-19-15-33-26(37-19)25-13-20-22(34-23-11-12-35(3)16-21(23)28)9-7-10-24(20)36(25)17-27(29,30)31/h5-10,13,15,21,23,32,34H,4,11-12,14,16-17H2,1-3H3/b8-6-,18-5+. The summed E-state index contributed by atoms with van der Waals surface area (Å²) in [6, 6.07) is 6.53. The second-order valence-corrected chi connectivity index (χ2v) is 10.4. The fourth-order valence-corrected chi connectivity index (χ4v) is 5.43. The van der Waals surface area contributed by atoms with Crippen molar-refractivity contribution in [2.24, 2.45) is 0 Å². The molecule has 2 atom stereocenters. The Morgan fingerprint density at radius 2 is 2.11 bits per heavy atom. The van der Waals surface area contributed by atoms with Gasteiger partial charge in [-0.1, -0.05) is 25.1 Å². The van der Waals surface area contributed by atoms with E-state index in [0.29, 0.717) is 46.8 Å². The van der Waals surface area contributed by atoms with E-state index in [1.54, 1.807) is 30.5 Å². The van der Waals surface area contributed by atoms with Gasteiger partial charge in [-0.3, -0.25) is 0 Å². The second kappa shape index (κ2) is 11.7. The van der Waals surface area contributed by atoms with E-state index in [4.69, 9.17) is 0 Å². The van der Waals surface area contributed by atoms with Crippen molar-refractivity contribution in [1.29, 1.82) is 0 Å². The minimum Gasteiger partial charge on any atom is -0.380 e. The van der Waals surface area contributed by atoms with Crippen molar-refractivity contribution in [3.63, 3.8) is 0 Å². The van der Waals surface area contributed by atoms with Crippen LogP contribution in [0, 0.1) is 0 Å². The molecule has 3 heterocycles. The van der Waals surface area contributed by atoms with Gasteiger partial charge in [-0.25, -0.2) is 9.37 Å². The summed E-state index contributed by atoms with van der Waals surface area (Å²) in [6.07, 6.45) is 3.80. The van der Waals surface area contributed by atoms with E-state index < -0.39 is 24.9 Å². The molecule has 0 aliphatic carbocycles. The van der Waals surface area contributed by atoms with E-state index in [2.05, 4.69) is 28.6 Å². The van der Waals surface area contributed by atoms with Crippen LogP contribution in [0.3, 0.4) is 0 Å². The van der Waals surface area contributed by atoms with Gasteiger partial charge in [0.05, 0.1) is 23.8 Å². The number of alkyl halides is 4. The first-order valence-corrected chi connectivity index (χ1v) is 13.3. The fraction of sp³-hybridized carbons (Fsp3) is 0.444. The predicted octanol–water partition coefficient (Wildman–Crippen LogP) is 6.74. The molecule has 1 aliphatic rings. The number of anilines is 1. The number of benzene rings is 1. The summed E-state index contributed by atoms with van der Waals surface area (Å²) in [5, 5.41) is 7.75. The first-order valence-electron chi connectivity index (χ1n) is 12.5. The average molecular weight is 536 g/mol. The Morgan fingerprint density at radius 3 is 2.81 bits per heavy atom. The Morgan fingerprint density at radius 1 is 1.30 bits per heavy atom. The largest absolute Gasteiger partial charge is 0.406 e. The summed E-state index contributed by atoms with van der Waals surface area (Å²) in [5.74, 6) is 0. The van der Waals surface area contributed by atoms with Crippen molar-refractivity contribution >= 4 is 27.9 Å². The minimum atomic E-state index is -4.41. The molecule has 200 valence electrons. The summed E-state index contributed by atoms with van der Waals surface area (Å²) in [6.45, 7) is 4.47. The molecular weight excluding hydrogens is 502 g/mol. The molecule has 1 aliphatic heterocycles. The topological polar surface area (TPSA) is 45.1 Å². The zero-order chi connectivity index (χ0) is 26.6. The van der Waals surface area contributed by atoms with E-state index in [9.17, 15) is 17.6 Å². The molecule has 0 radical (unpaired) electrons. The highest BCUT2D eigenvalue weighted by molar-refractivity contribution is 7.15. The van der Waals surface area contributed by atoms with Crippen molar-refractivity contribution in [3.05, 3.63) is 59.3 Å². The highest BCUT2D eigenvalue weighted by atomic mass is 32.1. The number of aromatic nitrogens is 2. The van der Waals surface area contributed by atoms with Crippen LogP contribution in [-0.4, -0.2) is 53.0 Å². The zero-order valence-electron chi connectivity index (χ0n) is 21.3. The maximum atomic E-state index is 14.7. The Kier molecular flexibility index (Phi) is 8.59. The van der Waals surface area contributed by atoms with Gasteiger partial charge in [-0.15, -0.1) is 11.3 Å². The van der Waals surface area contributed by atoms with Crippen LogP contribution in [0.5, 0.6) is 0 Å². The molecule has 3 aromatic rings. The smallest absolute Gasteiger partial charge is 0.380 e. The number of thiazole rings is 1. The number of nitrogens with one attached hydrogen (secondary N) is 2. The Balaban J connectivity index is 1.66. The molecule has 2 N–H and O–H groups in total. The molecular formula is C27H33F4N5S. The number of fused-ring (bicyclic) bond motifs is 1. The van der Waals surface area contributed by atoms with E-state index in [-0.39, 0.29) is 0 Å². The van der Waals surface area contributed by atoms with Gasteiger partial charge in [-0.2, -0.15) is 13.2 Å². The number of piperidine rings is 1. The molecule has 0 spiro atoms. The van der Waals surface area contributed by atoms with Gasteiger partial charge in [-0.05, 0) is 51.1 Å². The average Bonchev–Trinajstić information content (AvgIpc) is 3.45. The van der Waals surface area contributed by atoms with Gasteiger partial charge >= 0.3 is 6.18 Å². The lowest BCUT2D eigenvalue weighted by molar-refractivity contribution is -0.139. The van der Waals surface area contributed by atoms with Crippen molar-refractivity contribution < 1.29 is 17.6 Å². The first-order chi connectivity index (χ1) is 17.7. The SMILES string of the molecule is C/C=C(\C=C/CC)NCc1cnc(-c2cc3c(NC4CCN(C)CC4F)cccc3n2CC(F)(F)F)s1. The molecule has 37 heavy (non-hydrogen) atoms. The van der Waals surface area contributed by atoms with Crippen molar-refractivity contribution in [3.8, 4) is 10.7 Å². The number of nitrogens with zero attached hydrogens (tertiary/aromatic N) is 3. The summed E-state index contributed by atoms with van der Waals surface area (Å²) in [5.41, 5.74) is 2.45. The van der Waals surface area contributed by atoms with Gasteiger partial charge in [0.15, 0.2) is 0 Å². The van der Waals surface area contributed by atoms with Crippen molar-refractivity contribution in [2.45, 2.75) is 58.2 Å². The number of hydrogen-bond donors (Lipinski definition) is 2. The molecule has 2 aromatic heterocycles. The summed E-state index contributed by atoms with van der Waals surface area (Å²) < 4.78 is 56.9. The van der Waals surface area contributed by atoms with Crippen LogP contribution in [-0.2, 0) is 13.1 Å². The lowest BCUT2D eigenvalue weighted by Crippen LogP contribution is -2.46. The minimum absolute atomic E-state index is 0.326. The molecule has 0 saturated carbocycles. The monoisotopic (exact) mass is 535 g/mol. The van der Waals surface area contributed by atoms with Crippen LogP contribution >= 0.6 is 11.3 Å². The van der Waals surface area contributed by atoms with Crippen LogP contribution in [0.15, 0.2) is 54.4 Å². The predicted molar refractivity (Wildman–Crippen MR) is 144 cm³/mol. The molecule has 5 nitrogen and oxygen atoms in total. The van der Waals surface area contributed by atoms with Crippen LogP contribution in [0.1, 0.15) is 31.6 Å². The Labute approximate surface area is 218 Å². The van der Waals surface area contributed by atoms with Crippen LogP contribution < -0.4 is 10.6 Å². The van der Waals surface area contributed by atoms with Crippen molar-refractivity contribution in [2.75, 3.05) is 25.5 Å². The van der Waals surface area contributed by atoms with Crippen molar-refractivity contribution in [1.82, 2.24) is 19.8 Å². The highest BCUT2D eigenvalue weighted by Crippen LogP contribution is 2.37. The third-order valence-electron chi connectivity index (χ3n) is 6.45. The van der Waals surface area contributed by atoms with E-state index >= 15 is 0 Å². The summed E-state index contributed by atoms with van der Waals surface area (Å²) in [7, 11) is 1.88. The molecule has 2 unspecified atom stereocenters. The summed E-state index contributed by atoms with van der Waals surface area (Å²) in [4.78, 5) is 7.32. The third-order valence-corrected chi connectivity index (χ3v) is 7.47. The first kappa shape index (κ1) is 27.2. The van der Waals surface area contributed by atoms with E-state index in [1.165, 1.54) is 15.9 Å². The normalized spacial score (nSPS) is 19.7. The number of rotatable bonds is 9. The molecule has 0 amide bonds. The lowest BCUT2D eigenvalue weighted by Gasteiger charge is -2.33. The van der Waals surface area contributed by atoms with E-state index in [1.807, 2.05) is 31.0 Å². The quantitative estimate of drug-likeness (QED) is 0.235. The maximum absolute atomic E-state index is 14.7. The van der Waals surface area contributed by atoms with Crippen LogP contribution in [0.2, 0.25) is 0 Å². The maximum Gasteiger partial charge on any atom is 0.406 e. The third kappa shape index (κ3) is 6.73. The molecule has 1 aromatic carbocycles. The zero-order valence-corrected chi connectivity index (χ0v) is 22.1. The Bertz CT molecular complexity index is 1260. The van der Waals surface area contributed by atoms with Gasteiger partial charge in [0.1, 0.15) is 17.7 Å². The lowest BCUT2D eigenvalue weighted by atomic mass is 10.0. The highest BCUT2D eigenvalue weighted by Gasteiger charge is 2.32. The molecule has 0 bridgehead atoms. The van der Waals surface area contributed by atoms with Crippen LogP contribution in [0.4, 0.5) is 23.2 Å². The fourth-order valence-electron chi connectivity index (χ4n) is 4.55. The van der Waals surface area contributed by atoms with Gasteiger partial charge in [0, 0.05) is 40.9 Å². The number of allylic oxidation sites excluding steroid dienone is 3. The number of likely N-dealkylation sites (tertiary alicyclic amines) is 1. The molecule has 1 fully saturated rings.